The molecule has 0 N–H and O–H groups in total. The number of esters is 1. The molecule has 0 unspecified atom stereocenters. The van der Waals surface area contributed by atoms with Crippen molar-refractivity contribution in [2.75, 3.05) is 0 Å². The third-order valence-electron chi connectivity index (χ3n) is 3.75. The Morgan fingerprint density at radius 2 is 1.73 bits per heavy atom. The highest BCUT2D eigenvalue weighted by atomic mass is 32.1. The van der Waals surface area contributed by atoms with Crippen LogP contribution in [0.3, 0.4) is 0 Å². The van der Waals surface area contributed by atoms with Gasteiger partial charge >= 0.3 is 5.97 Å². The van der Waals surface area contributed by atoms with E-state index in [0.29, 0.717) is 15.8 Å². The summed E-state index contributed by atoms with van der Waals surface area (Å²) in [4.78, 5) is 33.3. The van der Waals surface area contributed by atoms with Gasteiger partial charge in [0, 0.05) is 34.4 Å². The first-order chi connectivity index (χ1) is 12.3. The van der Waals surface area contributed by atoms with Crippen LogP contribution >= 0.6 is 11.3 Å². The van der Waals surface area contributed by atoms with Crippen molar-refractivity contribution in [1.29, 1.82) is 0 Å². The van der Waals surface area contributed by atoms with Crippen LogP contribution in [0.25, 0.3) is 10.1 Å². The van der Waals surface area contributed by atoms with Gasteiger partial charge in [-0.1, -0.05) is 12.1 Å². The Kier molecular flexibility index (Phi) is 4.63. The summed E-state index contributed by atoms with van der Waals surface area (Å²) in [6, 6.07) is 11.8. The fourth-order valence-electron chi connectivity index (χ4n) is 2.42. The summed E-state index contributed by atoms with van der Waals surface area (Å²) in [5.41, 5.74) is 0.365. The first-order valence-electron chi connectivity index (χ1n) is 7.48. The van der Waals surface area contributed by atoms with Gasteiger partial charge in [-0.15, -0.1) is 11.3 Å². The van der Waals surface area contributed by atoms with Crippen molar-refractivity contribution in [1.82, 2.24) is 0 Å². The molecule has 3 aromatic rings. The normalized spacial score (nSPS) is 11.9. The molecular weight excluding hydrogens is 360 g/mol. The molecule has 1 atom stereocenters. The summed E-state index contributed by atoms with van der Waals surface area (Å²) >= 11 is 1.17. The molecule has 9 heteroatoms. The lowest BCUT2D eigenvalue weighted by molar-refractivity contribution is -0.385. The average Bonchev–Trinajstić information content (AvgIpc) is 3.05. The van der Waals surface area contributed by atoms with Gasteiger partial charge < -0.3 is 4.74 Å². The van der Waals surface area contributed by atoms with E-state index in [-0.39, 0.29) is 11.4 Å². The highest BCUT2D eigenvalue weighted by Crippen LogP contribution is 2.31. The lowest BCUT2D eigenvalue weighted by atomic mass is 10.1. The predicted octanol–water partition coefficient (Wildman–Crippen LogP) is 4.64. The highest BCUT2D eigenvalue weighted by molar-refractivity contribution is 7.20. The molecule has 0 saturated carbocycles. The van der Waals surface area contributed by atoms with Gasteiger partial charge in [0.25, 0.3) is 11.4 Å². The highest BCUT2D eigenvalue weighted by Gasteiger charge is 2.19. The van der Waals surface area contributed by atoms with Crippen molar-refractivity contribution in [3.8, 4) is 0 Å². The molecule has 2 aromatic carbocycles. The fourth-order valence-corrected chi connectivity index (χ4v) is 3.35. The van der Waals surface area contributed by atoms with Crippen molar-refractivity contribution < 1.29 is 19.4 Å². The Bertz CT molecular complexity index is 1030. The molecule has 26 heavy (non-hydrogen) atoms. The molecule has 0 aliphatic heterocycles. The minimum Gasteiger partial charge on any atom is -0.454 e. The number of nitro benzene ring substituents is 2. The smallest absolute Gasteiger partial charge is 0.348 e. The minimum atomic E-state index is -0.679. The van der Waals surface area contributed by atoms with Crippen molar-refractivity contribution in [2.24, 2.45) is 0 Å². The molecule has 3 rings (SSSR count). The van der Waals surface area contributed by atoms with Crippen LogP contribution in [0.4, 0.5) is 11.4 Å². The number of thiophene rings is 1. The molecule has 0 spiro atoms. The summed E-state index contributed by atoms with van der Waals surface area (Å²) < 4.78 is 6.11. The van der Waals surface area contributed by atoms with Gasteiger partial charge in [0.1, 0.15) is 11.0 Å². The summed E-state index contributed by atoms with van der Waals surface area (Å²) in [7, 11) is 0. The van der Waals surface area contributed by atoms with Crippen LogP contribution < -0.4 is 0 Å². The molecule has 1 heterocycles. The number of nitro groups is 2. The van der Waals surface area contributed by atoms with Gasteiger partial charge in [0.05, 0.1) is 9.85 Å². The molecular formula is C17H12N2O6S. The largest absolute Gasteiger partial charge is 0.454 e. The number of hydrogen-bond acceptors (Lipinski definition) is 7. The van der Waals surface area contributed by atoms with Gasteiger partial charge in [-0.25, -0.2) is 4.79 Å². The number of benzene rings is 2. The van der Waals surface area contributed by atoms with E-state index < -0.39 is 21.9 Å². The van der Waals surface area contributed by atoms with Crippen molar-refractivity contribution in [2.45, 2.75) is 13.0 Å². The monoisotopic (exact) mass is 372 g/mol. The number of carbonyl (C=O) groups excluding carboxylic acids is 1. The number of carbonyl (C=O) groups is 1. The zero-order valence-corrected chi connectivity index (χ0v) is 14.3. The third kappa shape index (κ3) is 3.52. The fraction of sp³-hybridized carbons (Fsp3) is 0.118. The molecule has 0 aliphatic rings. The maximum absolute atomic E-state index is 12.4. The van der Waals surface area contributed by atoms with Crippen LogP contribution in [0.15, 0.2) is 48.5 Å². The van der Waals surface area contributed by atoms with Gasteiger partial charge in [0.15, 0.2) is 0 Å². The topological polar surface area (TPSA) is 113 Å². The van der Waals surface area contributed by atoms with Crippen LogP contribution in [0.1, 0.15) is 28.3 Å². The van der Waals surface area contributed by atoms with E-state index >= 15 is 0 Å². The number of non-ortho nitro benzene ring substituents is 2. The first-order valence-corrected chi connectivity index (χ1v) is 8.30. The number of rotatable bonds is 5. The molecule has 0 radical (unpaired) electrons. The Morgan fingerprint density at radius 3 is 2.42 bits per heavy atom. The lowest BCUT2D eigenvalue weighted by Gasteiger charge is -2.12. The van der Waals surface area contributed by atoms with E-state index in [1.165, 1.54) is 47.7 Å². The van der Waals surface area contributed by atoms with Gasteiger partial charge in [-0.05, 0) is 24.6 Å². The van der Waals surface area contributed by atoms with E-state index in [1.54, 1.807) is 19.1 Å². The molecule has 132 valence electrons. The molecule has 0 saturated heterocycles. The molecule has 0 bridgehead atoms. The zero-order valence-electron chi connectivity index (χ0n) is 13.4. The minimum absolute atomic E-state index is 0.0554. The summed E-state index contributed by atoms with van der Waals surface area (Å²) in [5, 5.41) is 22.3. The van der Waals surface area contributed by atoms with E-state index in [9.17, 15) is 25.0 Å². The van der Waals surface area contributed by atoms with Crippen molar-refractivity contribution in [3.05, 3.63) is 79.2 Å². The van der Waals surface area contributed by atoms with Crippen LogP contribution in [0.2, 0.25) is 0 Å². The summed E-state index contributed by atoms with van der Waals surface area (Å²) in [6.45, 7) is 1.62. The maximum Gasteiger partial charge on any atom is 0.348 e. The van der Waals surface area contributed by atoms with Crippen LogP contribution in [-0.4, -0.2) is 15.8 Å². The zero-order chi connectivity index (χ0) is 18.8. The van der Waals surface area contributed by atoms with Crippen LogP contribution in [0.5, 0.6) is 0 Å². The second-order valence-electron chi connectivity index (χ2n) is 5.49. The summed E-state index contributed by atoms with van der Waals surface area (Å²) in [5.74, 6) is -0.590. The number of hydrogen-bond donors (Lipinski definition) is 0. The van der Waals surface area contributed by atoms with Gasteiger partial charge in [-0.2, -0.15) is 0 Å². The number of ether oxygens (including phenoxy) is 1. The number of nitrogens with zero attached hydrogens (tertiary/aromatic N) is 2. The molecule has 0 aliphatic carbocycles. The van der Waals surface area contributed by atoms with Crippen molar-refractivity contribution >= 4 is 38.8 Å². The second-order valence-corrected chi connectivity index (χ2v) is 6.57. The standard InChI is InChI=1S/C17H12N2O6S/c1-10(11-3-2-4-13(7-11)18(21)22)25-17(20)16-9-12-8-14(19(23)24)5-6-15(12)26-16/h2-10H,1H3/t10-/m1/s1. The molecule has 8 nitrogen and oxygen atoms in total. The van der Waals surface area contributed by atoms with Gasteiger partial charge in [0.2, 0.25) is 0 Å². The predicted molar refractivity (Wildman–Crippen MR) is 95.4 cm³/mol. The van der Waals surface area contributed by atoms with E-state index in [4.69, 9.17) is 4.74 Å². The van der Waals surface area contributed by atoms with E-state index in [0.717, 1.165) is 4.70 Å². The Hall–Kier alpha value is -3.33. The molecule has 1 aromatic heterocycles. The lowest BCUT2D eigenvalue weighted by Crippen LogP contribution is -2.08. The SMILES string of the molecule is C[C@@H](OC(=O)c1cc2cc([N+](=O)[O-])ccc2s1)c1cccc([N+](=O)[O-])c1. The molecule has 0 amide bonds. The van der Waals surface area contributed by atoms with E-state index in [2.05, 4.69) is 0 Å². The van der Waals surface area contributed by atoms with Gasteiger partial charge in [-0.3, -0.25) is 20.2 Å². The van der Waals surface area contributed by atoms with E-state index in [1.807, 2.05) is 0 Å². The van der Waals surface area contributed by atoms with Crippen LogP contribution in [0, 0.1) is 20.2 Å². The maximum atomic E-state index is 12.4. The Labute approximate surface area is 150 Å². The van der Waals surface area contributed by atoms with Crippen molar-refractivity contribution in [3.63, 3.8) is 0 Å². The second kappa shape index (κ2) is 6.89. The number of fused-ring (bicyclic) bond motifs is 1. The Morgan fingerprint density at radius 1 is 1.04 bits per heavy atom. The average molecular weight is 372 g/mol. The first kappa shape index (κ1) is 17.5. The third-order valence-corrected chi connectivity index (χ3v) is 4.84. The quantitative estimate of drug-likeness (QED) is 0.366. The molecule has 0 fully saturated rings. The summed E-state index contributed by atoms with van der Waals surface area (Å²) in [6.07, 6.45) is -0.679. The van der Waals surface area contributed by atoms with Crippen LogP contribution in [-0.2, 0) is 4.74 Å². The Balaban J connectivity index is 1.81.